The van der Waals surface area contributed by atoms with Gasteiger partial charge in [-0.15, -0.1) is 0 Å². The first-order valence-corrected chi connectivity index (χ1v) is 9.42. The molecule has 1 heterocycles. The van der Waals surface area contributed by atoms with Crippen molar-refractivity contribution in [3.8, 4) is 0 Å². The maximum atomic E-state index is 13.1. The third-order valence-corrected chi connectivity index (χ3v) is 4.52. The summed E-state index contributed by atoms with van der Waals surface area (Å²) < 4.78 is 39.8. The average Bonchev–Trinajstić information content (AvgIpc) is 2.67. The molecule has 0 spiro atoms. The summed E-state index contributed by atoms with van der Waals surface area (Å²) in [6.45, 7) is 2.85. The lowest BCUT2D eigenvalue weighted by molar-refractivity contribution is -0.385. The second kappa shape index (κ2) is 9.39. The smallest absolute Gasteiger partial charge is 0.394 e. The topological polar surface area (TPSA) is 117 Å². The largest absolute Gasteiger partial charge is 0.416 e. The zero-order valence-corrected chi connectivity index (χ0v) is 17.4. The van der Waals surface area contributed by atoms with Crippen LogP contribution in [0.2, 0.25) is 0 Å². The second-order valence-corrected chi connectivity index (χ2v) is 7.46. The van der Waals surface area contributed by atoms with Crippen LogP contribution in [0, 0.1) is 10.1 Å². The molecule has 0 aliphatic heterocycles. The average molecular weight is 491 g/mol. The van der Waals surface area contributed by atoms with Gasteiger partial charge in [-0.2, -0.15) is 13.2 Å². The number of carbonyl (C=O) groups excluding carboxylic acids is 1. The maximum Gasteiger partial charge on any atom is 0.416 e. The van der Waals surface area contributed by atoms with E-state index < -0.39 is 40.3 Å². The molecule has 0 saturated heterocycles. The second-order valence-electron chi connectivity index (χ2n) is 6.54. The van der Waals surface area contributed by atoms with E-state index in [9.17, 15) is 33.2 Å². The van der Waals surface area contributed by atoms with E-state index in [1.54, 1.807) is 6.92 Å². The van der Waals surface area contributed by atoms with Crippen molar-refractivity contribution >= 4 is 33.3 Å². The summed E-state index contributed by atoms with van der Waals surface area (Å²) in [5, 5.41) is 25.6. The number of rotatable bonds is 7. The summed E-state index contributed by atoms with van der Waals surface area (Å²) in [6.07, 6.45) is -3.35. The quantitative estimate of drug-likeness (QED) is 0.398. The molecule has 0 bridgehead atoms. The molecule has 0 fully saturated rings. The van der Waals surface area contributed by atoms with Crippen LogP contribution in [0.3, 0.4) is 0 Å². The first-order valence-electron chi connectivity index (χ1n) is 8.62. The molecule has 30 heavy (non-hydrogen) atoms. The Labute approximate surface area is 177 Å². The fourth-order valence-corrected chi connectivity index (χ4v) is 2.85. The number of nitrogens with one attached hydrogen (secondary N) is 2. The number of benzene rings is 1. The van der Waals surface area contributed by atoms with Crippen molar-refractivity contribution < 1.29 is 28.0 Å². The molecule has 0 aliphatic carbocycles. The first-order chi connectivity index (χ1) is 13.9. The number of nitrogens with zero attached hydrogens (tertiary/aromatic N) is 2. The molecular weight excluding hydrogens is 473 g/mol. The number of aromatic nitrogens is 1. The van der Waals surface area contributed by atoms with Crippen molar-refractivity contribution in [1.29, 1.82) is 0 Å². The number of halogens is 4. The van der Waals surface area contributed by atoms with Gasteiger partial charge in [0.05, 0.1) is 28.7 Å². The molecule has 1 aromatic carbocycles. The van der Waals surface area contributed by atoms with E-state index in [1.807, 2.05) is 0 Å². The zero-order valence-electron chi connectivity index (χ0n) is 15.8. The minimum Gasteiger partial charge on any atom is -0.394 e. The van der Waals surface area contributed by atoms with E-state index in [0.717, 1.165) is 12.1 Å². The van der Waals surface area contributed by atoms with E-state index in [1.165, 1.54) is 19.2 Å². The van der Waals surface area contributed by atoms with Gasteiger partial charge in [0.1, 0.15) is 5.82 Å². The zero-order chi connectivity index (χ0) is 22.6. The number of amides is 1. The van der Waals surface area contributed by atoms with Gasteiger partial charge in [-0.3, -0.25) is 14.9 Å². The lowest BCUT2D eigenvalue weighted by Gasteiger charge is -2.19. The van der Waals surface area contributed by atoms with Crippen LogP contribution in [0.5, 0.6) is 0 Å². The third kappa shape index (κ3) is 5.89. The number of non-ortho nitro benzene ring substituents is 1. The molecule has 2 aromatic rings. The molecule has 0 radical (unpaired) electrons. The van der Waals surface area contributed by atoms with Gasteiger partial charge in [-0.1, -0.05) is 0 Å². The SMILES string of the molecule is C[C@H](CO)Nc1ncc(Br)cc1C(=O)N[C@H](C)c1cc([N+](=O)[O-])cc(C(F)(F)F)c1. The van der Waals surface area contributed by atoms with Crippen LogP contribution < -0.4 is 10.6 Å². The van der Waals surface area contributed by atoms with Crippen molar-refractivity contribution in [3.63, 3.8) is 0 Å². The summed E-state index contributed by atoms with van der Waals surface area (Å²) in [4.78, 5) is 26.9. The standard InChI is InChI=1S/C18H18BrF3N4O4/c1-9(8-27)24-16-15(6-13(19)7-23-16)17(28)25-10(2)11-3-12(18(20,21)22)5-14(4-11)26(29)30/h3-7,9-10,27H,8H2,1-2H3,(H,23,24)(H,25,28)/t9-,10-/m1/s1. The number of carbonyl (C=O) groups is 1. The van der Waals surface area contributed by atoms with Gasteiger partial charge >= 0.3 is 6.18 Å². The normalized spacial score (nSPS) is 13.4. The van der Waals surface area contributed by atoms with Gasteiger partial charge in [-0.05, 0) is 47.5 Å². The Hall–Kier alpha value is -2.73. The fourth-order valence-electron chi connectivity index (χ4n) is 2.52. The van der Waals surface area contributed by atoms with E-state index in [2.05, 4.69) is 31.5 Å². The Balaban J connectivity index is 2.35. The van der Waals surface area contributed by atoms with Crippen LogP contribution in [0.4, 0.5) is 24.7 Å². The summed E-state index contributed by atoms with van der Waals surface area (Å²) in [6, 6.07) is 2.25. The molecule has 3 N–H and O–H groups in total. The van der Waals surface area contributed by atoms with Crippen molar-refractivity contribution in [1.82, 2.24) is 10.3 Å². The van der Waals surface area contributed by atoms with Crippen molar-refractivity contribution in [2.24, 2.45) is 0 Å². The van der Waals surface area contributed by atoms with Crippen molar-refractivity contribution in [3.05, 3.63) is 61.7 Å². The Morgan fingerprint density at radius 1 is 1.30 bits per heavy atom. The van der Waals surface area contributed by atoms with E-state index >= 15 is 0 Å². The van der Waals surface area contributed by atoms with Crippen LogP contribution in [0.25, 0.3) is 0 Å². The highest BCUT2D eigenvalue weighted by Crippen LogP contribution is 2.34. The number of nitro benzene ring substituents is 1. The van der Waals surface area contributed by atoms with Gasteiger partial charge in [0.2, 0.25) is 0 Å². The predicted octanol–water partition coefficient (Wildman–Crippen LogP) is 4.05. The summed E-state index contributed by atoms with van der Waals surface area (Å²) in [5.74, 6) is -0.497. The minimum absolute atomic E-state index is 0.0777. The van der Waals surface area contributed by atoms with Crippen molar-refractivity contribution in [2.75, 3.05) is 11.9 Å². The molecule has 0 saturated carbocycles. The first kappa shape index (κ1) is 23.5. The number of pyridine rings is 1. The van der Waals surface area contributed by atoms with Crippen LogP contribution in [0.15, 0.2) is 34.9 Å². The van der Waals surface area contributed by atoms with Gasteiger partial charge in [-0.25, -0.2) is 4.98 Å². The molecule has 0 unspecified atom stereocenters. The van der Waals surface area contributed by atoms with Gasteiger partial charge in [0, 0.05) is 28.8 Å². The number of hydrogen-bond donors (Lipinski definition) is 3. The van der Waals surface area contributed by atoms with E-state index in [-0.39, 0.29) is 23.6 Å². The molecular formula is C18H18BrF3N4O4. The van der Waals surface area contributed by atoms with Crippen LogP contribution in [-0.2, 0) is 6.18 Å². The minimum atomic E-state index is -4.78. The molecule has 2 rings (SSSR count). The lowest BCUT2D eigenvalue weighted by Crippen LogP contribution is -2.29. The number of anilines is 1. The molecule has 1 amide bonds. The highest BCUT2D eigenvalue weighted by atomic mass is 79.9. The highest BCUT2D eigenvalue weighted by Gasteiger charge is 2.33. The van der Waals surface area contributed by atoms with Crippen LogP contribution >= 0.6 is 15.9 Å². The number of aliphatic hydroxyl groups excluding tert-OH is 1. The third-order valence-electron chi connectivity index (χ3n) is 4.08. The number of aliphatic hydroxyl groups is 1. The highest BCUT2D eigenvalue weighted by molar-refractivity contribution is 9.10. The van der Waals surface area contributed by atoms with E-state index in [4.69, 9.17) is 0 Å². The Kier molecular flexibility index (Phi) is 7.37. The summed E-state index contributed by atoms with van der Waals surface area (Å²) >= 11 is 3.20. The maximum absolute atomic E-state index is 13.1. The number of hydrogen-bond acceptors (Lipinski definition) is 6. The predicted molar refractivity (Wildman–Crippen MR) is 106 cm³/mol. The lowest BCUT2D eigenvalue weighted by atomic mass is 10.0. The Bertz CT molecular complexity index is 956. The monoisotopic (exact) mass is 490 g/mol. The van der Waals surface area contributed by atoms with Crippen molar-refractivity contribution in [2.45, 2.75) is 32.1 Å². The molecule has 1 aromatic heterocycles. The summed E-state index contributed by atoms with van der Waals surface area (Å²) in [5.41, 5.74) is -1.91. The van der Waals surface area contributed by atoms with E-state index in [0.29, 0.717) is 10.5 Å². The molecule has 0 aliphatic rings. The fraction of sp³-hybridized carbons (Fsp3) is 0.333. The van der Waals surface area contributed by atoms with Crippen LogP contribution in [0.1, 0.15) is 41.4 Å². The number of alkyl halides is 3. The molecule has 12 heteroatoms. The Morgan fingerprint density at radius 2 is 1.97 bits per heavy atom. The van der Waals surface area contributed by atoms with Gasteiger partial charge in [0.15, 0.2) is 0 Å². The Morgan fingerprint density at radius 3 is 2.53 bits per heavy atom. The number of nitro groups is 1. The van der Waals surface area contributed by atoms with Gasteiger partial charge in [0.25, 0.3) is 11.6 Å². The molecule has 2 atom stereocenters. The summed E-state index contributed by atoms with van der Waals surface area (Å²) in [7, 11) is 0. The van der Waals surface area contributed by atoms with Crippen LogP contribution in [-0.4, -0.2) is 33.6 Å². The van der Waals surface area contributed by atoms with Gasteiger partial charge < -0.3 is 15.7 Å². The molecule has 8 nitrogen and oxygen atoms in total. The molecule has 162 valence electrons.